The number of rotatable bonds is 9. The Morgan fingerprint density at radius 3 is 2.76 bits per heavy atom. The number of pyridine rings is 1. The summed E-state index contributed by atoms with van der Waals surface area (Å²) in [5, 5.41) is 19.7. The Labute approximate surface area is 198 Å². The molecule has 2 heterocycles. The van der Waals surface area contributed by atoms with E-state index in [2.05, 4.69) is 40.0 Å². The molecule has 0 spiro atoms. The zero-order valence-electron chi connectivity index (χ0n) is 19.2. The van der Waals surface area contributed by atoms with Gasteiger partial charge < -0.3 is 25.8 Å². The van der Waals surface area contributed by atoms with Crippen molar-refractivity contribution >= 4 is 17.5 Å². The van der Waals surface area contributed by atoms with Crippen molar-refractivity contribution in [1.29, 1.82) is 0 Å². The highest BCUT2D eigenvalue weighted by Crippen LogP contribution is 2.30. The molecule has 1 aliphatic heterocycles. The third-order valence-electron chi connectivity index (χ3n) is 6.11. The Hall–Kier alpha value is -3.65. The molecule has 7 nitrogen and oxygen atoms in total. The number of fused-ring (bicyclic) bond motifs is 1. The van der Waals surface area contributed by atoms with E-state index in [-0.39, 0.29) is 30.2 Å². The van der Waals surface area contributed by atoms with Gasteiger partial charge >= 0.3 is 5.97 Å². The number of methoxy groups -OCH3 is 1. The first-order chi connectivity index (χ1) is 16.4. The lowest BCUT2D eigenvalue weighted by molar-refractivity contribution is -0.136. The first-order valence-corrected chi connectivity index (χ1v) is 11.3. The molecule has 0 fully saturated rings. The van der Waals surface area contributed by atoms with Gasteiger partial charge in [-0.25, -0.2) is 9.37 Å². The van der Waals surface area contributed by atoms with Crippen LogP contribution in [0.2, 0.25) is 0 Å². The zero-order chi connectivity index (χ0) is 24.1. The molecule has 4 N–H and O–H groups in total. The molecule has 0 unspecified atom stereocenters. The lowest BCUT2D eigenvalue weighted by atomic mass is 9.94. The normalized spacial score (nSPS) is 16.5. The van der Waals surface area contributed by atoms with Gasteiger partial charge in [-0.2, -0.15) is 0 Å². The Bertz CT molecular complexity index is 1140. The molecule has 0 saturated carbocycles. The predicted molar refractivity (Wildman–Crippen MR) is 130 cm³/mol. The summed E-state index contributed by atoms with van der Waals surface area (Å²) in [5.41, 5.74) is 3.47. The largest absolute Gasteiger partial charge is 0.496 e. The van der Waals surface area contributed by atoms with Crippen molar-refractivity contribution in [2.75, 3.05) is 30.8 Å². The fraction of sp³-hybridized carbons (Fsp3) is 0.308. The zero-order valence-corrected chi connectivity index (χ0v) is 19.2. The van der Waals surface area contributed by atoms with Crippen LogP contribution in [0.1, 0.15) is 35.6 Å². The van der Waals surface area contributed by atoms with Crippen LogP contribution in [0.3, 0.4) is 0 Å². The van der Waals surface area contributed by atoms with Crippen LogP contribution in [0.5, 0.6) is 5.75 Å². The van der Waals surface area contributed by atoms with Crippen molar-refractivity contribution in [3.8, 4) is 5.75 Å². The molecule has 8 heteroatoms. The smallest absolute Gasteiger partial charge is 0.307 e. The summed E-state index contributed by atoms with van der Waals surface area (Å²) in [5.74, 6) is 0.0611. The molecule has 178 valence electrons. The van der Waals surface area contributed by atoms with Crippen molar-refractivity contribution in [2.24, 2.45) is 0 Å². The van der Waals surface area contributed by atoms with Gasteiger partial charge in [-0.1, -0.05) is 49.4 Å². The highest BCUT2D eigenvalue weighted by molar-refractivity contribution is 5.71. The molecule has 1 aliphatic rings. The first-order valence-electron chi connectivity index (χ1n) is 11.3. The number of carboxylic acid groups (broad SMARTS) is 1. The van der Waals surface area contributed by atoms with Gasteiger partial charge in [0, 0.05) is 24.7 Å². The van der Waals surface area contributed by atoms with Gasteiger partial charge in [0.1, 0.15) is 17.4 Å². The van der Waals surface area contributed by atoms with E-state index in [4.69, 9.17) is 4.74 Å². The summed E-state index contributed by atoms with van der Waals surface area (Å²) in [6.45, 7) is 3.37. The highest BCUT2D eigenvalue weighted by atomic mass is 19.1. The van der Waals surface area contributed by atoms with Crippen LogP contribution in [0.15, 0.2) is 60.8 Å². The van der Waals surface area contributed by atoms with E-state index in [0.29, 0.717) is 35.9 Å². The number of nitrogens with zero attached hydrogens (tertiary/aromatic N) is 1. The van der Waals surface area contributed by atoms with E-state index in [1.54, 1.807) is 7.11 Å². The van der Waals surface area contributed by atoms with Gasteiger partial charge in [0.25, 0.3) is 0 Å². The molecular formula is C26H29FN4O3. The molecule has 3 atom stereocenters. The Morgan fingerprint density at radius 2 is 2.03 bits per heavy atom. The van der Waals surface area contributed by atoms with Crippen LogP contribution < -0.4 is 20.7 Å². The number of nitrogens with one attached hydrogen (secondary N) is 3. The number of aliphatic carboxylic acids is 1. The van der Waals surface area contributed by atoms with E-state index in [1.165, 1.54) is 12.3 Å². The van der Waals surface area contributed by atoms with Gasteiger partial charge in [-0.15, -0.1) is 0 Å². The average Bonchev–Trinajstić information content (AvgIpc) is 2.84. The standard InChI is InChI=1S/C26H29FN4O3/c1-16(18-8-9-23(34-2)19(10-18)11-24(32)33)13-29-25(17-6-4-3-5-7-17)22-15-28-21-12-20(27)14-30-26(21)31-22/h3-10,12,14,16,22,25,28-29H,11,13,15H2,1-2H3,(H,30,31)(H,32,33)/t16-,22+,25+/m0/s1. The van der Waals surface area contributed by atoms with Crippen molar-refractivity contribution in [1.82, 2.24) is 10.3 Å². The van der Waals surface area contributed by atoms with E-state index in [9.17, 15) is 14.3 Å². The maximum absolute atomic E-state index is 13.5. The van der Waals surface area contributed by atoms with E-state index < -0.39 is 5.97 Å². The van der Waals surface area contributed by atoms with Crippen LogP contribution in [-0.2, 0) is 11.2 Å². The summed E-state index contributed by atoms with van der Waals surface area (Å²) in [4.78, 5) is 15.5. The molecule has 4 rings (SSSR count). The summed E-state index contributed by atoms with van der Waals surface area (Å²) in [6, 6.07) is 17.3. The summed E-state index contributed by atoms with van der Waals surface area (Å²) < 4.78 is 18.9. The third-order valence-corrected chi connectivity index (χ3v) is 6.11. The number of ether oxygens (including phenoxy) is 1. The minimum absolute atomic E-state index is 0.0153. The van der Waals surface area contributed by atoms with Crippen molar-refractivity contribution < 1.29 is 19.0 Å². The molecule has 3 aromatic rings. The molecule has 34 heavy (non-hydrogen) atoms. The average molecular weight is 465 g/mol. The number of carbonyl (C=O) groups is 1. The van der Waals surface area contributed by atoms with Crippen LogP contribution in [-0.4, -0.2) is 42.3 Å². The van der Waals surface area contributed by atoms with Crippen LogP contribution >= 0.6 is 0 Å². The summed E-state index contributed by atoms with van der Waals surface area (Å²) in [6.07, 6.45) is 1.12. The van der Waals surface area contributed by atoms with E-state index in [1.807, 2.05) is 36.4 Å². The second-order valence-corrected chi connectivity index (χ2v) is 8.52. The number of hydrogen-bond acceptors (Lipinski definition) is 6. The summed E-state index contributed by atoms with van der Waals surface area (Å²) >= 11 is 0. The number of hydrogen-bond donors (Lipinski definition) is 4. The third kappa shape index (κ3) is 5.46. The first kappa shape index (κ1) is 23.5. The number of anilines is 2. The predicted octanol–water partition coefficient (Wildman–Crippen LogP) is 4.20. The molecule has 0 bridgehead atoms. The fourth-order valence-electron chi connectivity index (χ4n) is 4.32. The Morgan fingerprint density at radius 1 is 1.24 bits per heavy atom. The van der Waals surface area contributed by atoms with Gasteiger partial charge in [0.05, 0.1) is 37.5 Å². The Kier molecular flexibility index (Phi) is 7.27. The van der Waals surface area contributed by atoms with Crippen molar-refractivity contribution in [2.45, 2.75) is 31.3 Å². The second kappa shape index (κ2) is 10.5. The molecule has 0 aliphatic carbocycles. The number of aromatic nitrogens is 1. The van der Waals surface area contributed by atoms with Gasteiger partial charge in [-0.3, -0.25) is 4.79 Å². The Balaban J connectivity index is 1.52. The molecule has 0 radical (unpaired) electrons. The van der Waals surface area contributed by atoms with Crippen LogP contribution in [0.25, 0.3) is 0 Å². The lowest BCUT2D eigenvalue weighted by Gasteiger charge is -2.35. The summed E-state index contributed by atoms with van der Waals surface area (Å²) in [7, 11) is 1.54. The number of carboxylic acids is 1. The minimum atomic E-state index is -0.894. The second-order valence-electron chi connectivity index (χ2n) is 8.52. The molecular weight excluding hydrogens is 435 g/mol. The monoisotopic (exact) mass is 464 g/mol. The molecule has 1 aromatic heterocycles. The quantitative estimate of drug-likeness (QED) is 0.377. The molecule has 0 saturated heterocycles. The van der Waals surface area contributed by atoms with E-state index >= 15 is 0 Å². The topological polar surface area (TPSA) is 95.5 Å². The highest BCUT2D eigenvalue weighted by Gasteiger charge is 2.28. The van der Waals surface area contributed by atoms with Crippen LogP contribution in [0.4, 0.5) is 15.9 Å². The lowest BCUT2D eigenvalue weighted by Crippen LogP contribution is -2.45. The minimum Gasteiger partial charge on any atom is -0.496 e. The fourth-order valence-corrected chi connectivity index (χ4v) is 4.32. The van der Waals surface area contributed by atoms with Gasteiger partial charge in [0.2, 0.25) is 0 Å². The van der Waals surface area contributed by atoms with Gasteiger partial charge in [-0.05, 0) is 23.1 Å². The van der Waals surface area contributed by atoms with Crippen molar-refractivity contribution in [3.05, 3.63) is 83.3 Å². The van der Waals surface area contributed by atoms with Crippen molar-refractivity contribution in [3.63, 3.8) is 0 Å². The maximum atomic E-state index is 13.5. The van der Waals surface area contributed by atoms with Crippen LogP contribution in [0, 0.1) is 5.82 Å². The molecule has 2 aromatic carbocycles. The SMILES string of the molecule is COc1ccc([C@@H](C)CN[C@H](c2ccccc2)[C@H]2CNc3cc(F)cnc3N2)cc1CC(=O)O. The molecule has 0 amide bonds. The number of benzene rings is 2. The van der Waals surface area contributed by atoms with Gasteiger partial charge in [0.15, 0.2) is 0 Å². The van der Waals surface area contributed by atoms with E-state index in [0.717, 1.165) is 11.1 Å². The number of halogens is 1. The maximum Gasteiger partial charge on any atom is 0.307 e.